The van der Waals surface area contributed by atoms with Crippen LogP contribution >= 0.6 is 0 Å². The number of imide groups is 1. The topological polar surface area (TPSA) is 94.9 Å². The van der Waals surface area contributed by atoms with Gasteiger partial charge < -0.3 is 10.2 Å². The zero-order valence-corrected chi connectivity index (χ0v) is 8.89. The van der Waals surface area contributed by atoms with E-state index in [1.807, 2.05) is 0 Å². The van der Waals surface area contributed by atoms with Crippen molar-refractivity contribution in [2.45, 2.75) is 38.2 Å². The van der Waals surface area contributed by atoms with Crippen LogP contribution in [0.1, 0.15) is 32.1 Å². The number of β-amino-alcohol motifs (C(OH)–C–C–N with tert-alkyl or cyclic N) is 1. The predicted molar refractivity (Wildman–Crippen MR) is 53.4 cm³/mol. The Labute approximate surface area is 92.9 Å². The molecule has 1 rings (SSSR count). The van der Waals surface area contributed by atoms with Crippen molar-refractivity contribution in [1.29, 1.82) is 0 Å². The number of aliphatic carboxylic acids is 1. The van der Waals surface area contributed by atoms with Gasteiger partial charge in [0.2, 0.25) is 11.8 Å². The molecule has 2 N–H and O–H groups in total. The minimum Gasteiger partial charge on any atom is -0.481 e. The summed E-state index contributed by atoms with van der Waals surface area (Å²) in [4.78, 5) is 34.3. The molecule has 1 heterocycles. The van der Waals surface area contributed by atoms with Gasteiger partial charge in [0.1, 0.15) is 0 Å². The van der Waals surface area contributed by atoms with Crippen molar-refractivity contribution in [1.82, 2.24) is 4.90 Å². The molecule has 2 amide bonds. The van der Waals surface area contributed by atoms with E-state index >= 15 is 0 Å². The number of carboxylic acids is 1. The molecule has 0 aromatic heterocycles. The lowest BCUT2D eigenvalue weighted by Gasteiger charge is -2.21. The van der Waals surface area contributed by atoms with Gasteiger partial charge in [-0.3, -0.25) is 19.3 Å². The van der Waals surface area contributed by atoms with Gasteiger partial charge in [0.05, 0.1) is 19.1 Å². The molecule has 1 saturated heterocycles. The van der Waals surface area contributed by atoms with Crippen molar-refractivity contribution < 1.29 is 24.6 Å². The van der Waals surface area contributed by atoms with E-state index in [2.05, 4.69) is 0 Å². The molecule has 90 valence electrons. The minimum atomic E-state index is -1.19. The van der Waals surface area contributed by atoms with Gasteiger partial charge in [-0.05, 0) is 12.8 Å². The summed E-state index contributed by atoms with van der Waals surface area (Å²) in [5.74, 6) is -1.80. The largest absolute Gasteiger partial charge is 0.481 e. The van der Waals surface area contributed by atoms with E-state index in [4.69, 9.17) is 5.11 Å². The zero-order chi connectivity index (χ0) is 12.1. The Morgan fingerprint density at radius 2 is 1.75 bits per heavy atom. The quantitative estimate of drug-likeness (QED) is 0.648. The number of carbonyl (C=O) groups is 3. The van der Waals surface area contributed by atoms with Crippen LogP contribution in [-0.2, 0) is 14.4 Å². The van der Waals surface area contributed by atoms with Crippen LogP contribution in [0.3, 0.4) is 0 Å². The van der Waals surface area contributed by atoms with Crippen LogP contribution in [0.5, 0.6) is 0 Å². The van der Waals surface area contributed by atoms with Crippen molar-refractivity contribution >= 4 is 17.8 Å². The number of rotatable bonds is 4. The Hall–Kier alpha value is -1.43. The van der Waals surface area contributed by atoms with Gasteiger partial charge in [-0.2, -0.15) is 0 Å². The molecular formula is C10H15NO5. The number of hydrogen-bond donors (Lipinski definition) is 2. The molecule has 0 radical (unpaired) electrons. The molecule has 0 saturated carbocycles. The lowest BCUT2D eigenvalue weighted by atomic mass is 10.2. The molecule has 0 aromatic rings. The third kappa shape index (κ3) is 3.62. The molecular weight excluding hydrogens is 214 g/mol. The van der Waals surface area contributed by atoms with Gasteiger partial charge in [-0.15, -0.1) is 0 Å². The molecule has 0 bridgehead atoms. The average Bonchev–Trinajstić information content (AvgIpc) is 2.31. The van der Waals surface area contributed by atoms with E-state index in [0.29, 0.717) is 12.8 Å². The first kappa shape index (κ1) is 12.6. The van der Waals surface area contributed by atoms with Gasteiger partial charge in [0, 0.05) is 12.8 Å². The van der Waals surface area contributed by atoms with Crippen LogP contribution in [0.15, 0.2) is 0 Å². The van der Waals surface area contributed by atoms with E-state index in [9.17, 15) is 19.5 Å². The summed E-state index contributed by atoms with van der Waals surface area (Å²) in [6.45, 7) is -0.218. The molecule has 1 atom stereocenters. The Bertz CT molecular complexity index is 284. The number of amides is 2. The zero-order valence-electron chi connectivity index (χ0n) is 8.89. The highest BCUT2D eigenvalue weighted by Crippen LogP contribution is 2.13. The van der Waals surface area contributed by atoms with E-state index in [-0.39, 0.29) is 31.2 Å². The molecule has 1 fully saturated rings. The Morgan fingerprint density at radius 1 is 1.25 bits per heavy atom. The van der Waals surface area contributed by atoms with Crippen molar-refractivity contribution in [2.75, 3.05) is 6.54 Å². The summed E-state index contributed by atoms with van der Waals surface area (Å²) in [6.07, 6.45) is 0.240. The van der Waals surface area contributed by atoms with Gasteiger partial charge >= 0.3 is 5.97 Å². The monoisotopic (exact) mass is 229 g/mol. The number of hydrogen-bond acceptors (Lipinski definition) is 4. The SMILES string of the molecule is O=C(O)CC(O)CN1C(=O)CCCCC1=O. The standard InChI is InChI=1S/C10H15NO5/c12-7(5-10(15)16)6-11-8(13)3-1-2-4-9(11)14/h7,12H,1-6H2,(H,15,16). The highest BCUT2D eigenvalue weighted by molar-refractivity contribution is 5.96. The molecule has 6 nitrogen and oxygen atoms in total. The minimum absolute atomic E-state index is 0.218. The molecule has 1 aliphatic rings. The third-order valence-electron chi connectivity index (χ3n) is 2.44. The van der Waals surface area contributed by atoms with Gasteiger partial charge in [-0.25, -0.2) is 0 Å². The Morgan fingerprint density at radius 3 is 2.19 bits per heavy atom. The van der Waals surface area contributed by atoms with Gasteiger partial charge in [-0.1, -0.05) is 0 Å². The Balaban J connectivity index is 2.58. The maximum absolute atomic E-state index is 11.5. The lowest BCUT2D eigenvalue weighted by molar-refractivity contribution is -0.148. The second kappa shape index (κ2) is 5.60. The second-order valence-corrected chi connectivity index (χ2v) is 3.86. The van der Waals surface area contributed by atoms with E-state index in [1.54, 1.807) is 0 Å². The van der Waals surface area contributed by atoms with Crippen LogP contribution in [0.4, 0.5) is 0 Å². The van der Waals surface area contributed by atoms with Gasteiger partial charge in [0.15, 0.2) is 0 Å². The summed E-state index contributed by atoms with van der Waals surface area (Å²) in [5, 5.41) is 17.8. The molecule has 16 heavy (non-hydrogen) atoms. The van der Waals surface area contributed by atoms with Crippen molar-refractivity contribution in [3.63, 3.8) is 0 Å². The molecule has 0 aliphatic carbocycles. The first-order chi connectivity index (χ1) is 7.50. The van der Waals surface area contributed by atoms with Gasteiger partial charge in [0.25, 0.3) is 0 Å². The Kier molecular flexibility index (Phi) is 4.42. The molecule has 0 spiro atoms. The maximum atomic E-state index is 11.5. The van der Waals surface area contributed by atoms with E-state index in [0.717, 1.165) is 4.90 Å². The average molecular weight is 229 g/mol. The summed E-state index contributed by atoms with van der Waals surface area (Å²) in [5.41, 5.74) is 0. The third-order valence-corrected chi connectivity index (χ3v) is 2.44. The van der Waals surface area contributed by atoms with Crippen LogP contribution in [0, 0.1) is 0 Å². The summed E-state index contributed by atoms with van der Waals surface area (Å²) in [6, 6.07) is 0. The highest BCUT2D eigenvalue weighted by Gasteiger charge is 2.26. The van der Waals surface area contributed by atoms with E-state index in [1.165, 1.54) is 0 Å². The van der Waals surface area contributed by atoms with Crippen molar-refractivity contribution in [2.24, 2.45) is 0 Å². The fourth-order valence-corrected chi connectivity index (χ4v) is 1.64. The normalized spacial score (nSPS) is 19.4. The number of likely N-dealkylation sites (tertiary alicyclic amines) is 1. The fraction of sp³-hybridized carbons (Fsp3) is 0.700. The first-order valence-electron chi connectivity index (χ1n) is 5.23. The van der Waals surface area contributed by atoms with Crippen LogP contribution in [-0.4, -0.2) is 45.5 Å². The van der Waals surface area contributed by atoms with Crippen LogP contribution < -0.4 is 0 Å². The predicted octanol–water partition coefficient (Wildman–Crippen LogP) is -0.249. The number of carboxylic acid groups (broad SMARTS) is 1. The first-order valence-corrected chi connectivity index (χ1v) is 5.23. The number of carbonyl (C=O) groups excluding carboxylic acids is 2. The highest BCUT2D eigenvalue weighted by atomic mass is 16.4. The lowest BCUT2D eigenvalue weighted by Crippen LogP contribution is -2.41. The smallest absolute Gasteiger partial charge is 0.306 e. The number of nitrogens with zero attached hydrogens (tertiary/aromatic N) is 1. The number of aliphatic hydroxyl groups is 1. The molecule has 6 heteroatoms. The van der Waals surface area contributed by atoms with Crippen LogP contribution in [0.25, 0.3) is 0 Å². The van der Waals surface area contributed by atoms with Crippen molar-refractivity contribution in [3.8, 4) is 0 Å². The summed E-state index contributed by atoms with van der Waals surface area (Å²) >= 11 is 0. The molecule has 1 aliphatic heterocycles. The molecule has 1 unspecified atom stereocenters. The van der Waals surface area contributed by atoms with E-state index < -0.39 is 18.5 Å². The maximum Gasteiger partial charge on any atom is 0.306 e. The van der Waals surface area contributed by atoms with Crippen LogP contribution in [0.2, 0.25) is 0 Å². The molecule has 0 aromatic carbocycles. The summed E-state index contributed by atoms with van der Waals surface area (Å²) in [7, 11) is 0. The summed E-state index contributed by atoms with van der Waals surface area (Å²) < 4.78 is 0. The van der Waals surface area contributed by atoms with Crippen molar-refractivity contribution in [3.05, 3.63) is 0 Å². The number of aliphatic hydroxyl groups excluding tert-OH is 1. The second-order valence-electron chi connectivity index (χ2n) is 3.86. The fourth-order valence-electron chi connectivity index (χ4n) is 1.64.